The first-order valence-corrected chi connectivity index (χ1v) is 4.51. The number of aromatic hydroxyl groups is 1. The normalized spacial score (nSPS) is 8.71. The number of phenolic OH excluding ortho intramolecular Hbond substituents is 1. The predicted molar refractivity (Wildman–Crippen MR) is 55.3 cm³/mol. The highest BCUT2D eigenvalue weighted by molar-refractivity contribution is 9.12. The highest BCUT2D eigenvalue weighted by Crippen LogP contribution is 2.19. The largest absolute Gasteiger partial charge is 0.507 e. The van der Waals surface area contributed by atoms with Gasteiger partial charge in [0.1, 0.15) is 11.3 Å². The summed E-state index contributed by atoms with van der Waals surface area (Å²) < 4.78 is 4.47. The van der Waals surface area contributed by atoms with Crippen LogP contribution in [0.3, 0.4) is 0 Å². The number of ether oxygens (including phenoxy) is 1. The van der Waals surface area contributed by atoms with Gasteiger partial charge in [0.2, 0.25) is 0 Å². The van der Waals surface area contributed by atoms with E-state index in [1.807, 2.05) is 0 Å². The number of halogens is 1. The summed E-state index contributed by atoms with van der Waals surface area (Å²) in [7, 11) is 1.26. The number of phenols is 1. The van der Waals surface area contributed by atoms with Gasteiger partial charge in [-0.1, -0.05) is 5.92 Å². The third-order valence-corrected chi connectivity index (χ3v) is 1.79. The van der Waals surface area contributed by atoms with Crippen LogP contribution in [0.1, 0.15) is 15.9 Å². The van der Waals surface area contributed by atoms with Gasteiger partial charge < -0.3 is 9.84 Å². The van der Waals surface area contributed by atoms with Crippen molar-refractivity contribution in [2.24, 2.45) is 0 Å². The zero-order valence-electron chi connectivity index (χ0n) is 7.37. The first-order valence-electron chi connectivity index (χ1n) is 3.72. The van der Waals surface area contributed by atoms with Gasteiger partial charge in [-0.2, -0.15) is 0 Å². The average molecular weight is 255 g/mol. The molecule has 0 atom stereocenters. The molecule has 0 aliphatic rings. The molecule has 3 nitrogen and oxygen atoms in total. The second kappa shape index (κ2) is 4.68. The average Bonchev–Trinajstić information content (AvgIpc) is 2.17. The molecule has 0 aromatic heterocycles. The summed E-state index contributed by atoms with van der Waals surface area (Å²) in [6, 6.07) is 4.49. The van der Waals surface area contributed by atoms with Crippen LogP contribution >= 0.6 is 15.9 Å². The fraction of sp³-hybridized carbons (Fsp3) is 0.100. The topological polar surface area (TPSA) is 46.5 Å². The molecule has 0 bridgehead atoms. The van der Waals surface area contributed by atoms with E-state index in [2.05, 4.69) is 31.4 Å². The van der Waals surface area contributed by atoms with Crippen molar-refractivity contribution in [2.45, 2.75) is 0 Å². The van der Waals surface area contributed by atoms with Gasteiger partial charge in [-0.15, -0.1) is 0 Å². The van der Waals surface area contributed by atoms with Crippen LogP contribution in [-0.2, 0) is 4.74 Å². The van der Waals surface area contributed by atoms with Crippen molar-refractivity contribution >= 4 is 21.9 Å². The Labute approximate surface area is 89.8 Å². The molecule has 0 saturated heterocycles. The SMILES string of the molecule is COC(=O)c1ccc(C#CBr)cc1O. The monoisotopic (exact) mass is 254 g/mol. The summed E-state index contributed by atoms with van der Waals surface area (Å²) in [5.41, 5.74) is 0.750. The highest BCUT2D eigenvalue weighted by Gasteiger charge is 2.10. The van der Waals surface area contributed by atoms with E-state index in [-0.39, 0.29) is 11.3 Å². The van der Waals surface area contributed by atoms with E-state index < -0.39 is 5.97 Å². The number of esters is 1. The van der Waals surface area contributed by atoms with Crippen molar-refractivity contribution in [2.75, 3.05) is 7.11 Å². The molecule has 0 spiro atoms. The Bertz CT molecular complexity index is 415. The van der Waals surface area contributed by atoms with E-state index in [0.717, 1.165) is 0 Å². The highest BCUT2D eigenvalue weighted by atomic mass is 79.9. The summed E-state index contributed by atoms with van der Waals surface area (Å²) in [4.78, 5) is 13.6. The lowest BCUT2D eigenvalue weighted by Gasteiger charge is -2.01. The molecule has 0 radical (unpaired) electrons. The maximum absolute atomic E-state index is 11.1. The number of hydrogen-bond donors (Lipinski definition) is 1. The summed E-state index contributed by atoms with van der Waals surface area (Å²) in [5.74, 6) is 1.98. The number of hydrogen-bond acceptors (Lipinski definition) is 3. The molecule has 0 fully saturated rings. The maximum atomic E-state index is 11.1. The van der Waals surface area contributed by atoms with Crippen LogP contribution in [0.4, 0.5) is 0 Å². The summed E-state index contributed by atoms with van der Waals surface area (Å²) in [5, 5.41) is 9.44. The van der Waals surface area contributed by atoms with Crippen LogP contribution in [0.15, 0.2) is 18.2 Å². The molecule has 0 saturated carbocycles. The van der Waals surface area contributed by atoms with E-state index in [1.54, 1.807) is 6.07 Å². The van der Waals surface area contributed by atoms with Crippen LogP contribution in [0.25, 0.3) is 0 Å². The van der Waals surface area contributed by atoms with Crippen molar-refractivity contribution < 1.29 is 14.6 Å². The van der Waals surface area contributed by atoms with Crippen molar-refractivity contribution in [1.29, 1.82) is 0 Å². The van der Waals surface area contributed by atoms with Gasteiger partial charge in [-0.3, -0.25) is 0 Å². The van der Waals surface area contributed by atoms with Gasteiger partial charge in [0.15, 0.2) is 0 Å². The first kappa shape index (κ1) is 10.6. The molecule has 1 aromatic rings. The molecular weight excluding hydrogens is 248 g/mol. The van der Waals surface area contributed by atoms with E-state index >= 15 is 0 Å². The van der Waals surface area contributed by atoms with E-state index in [1.165, 1.54) is 19.2 Å². The number of carbonyl (C=O) groups is 1. The molecule has 1 N–H and O–H groups in total. The maximum Gasteiger partial charge on any atom is 0.341 e. The van der Waals surface area contributed by atoms with Gasteiger partial charge in [0.25, 0.3) is 0 Å². The summed E-state index contributed by atoms with van der Waals surface area (Å²) in [6.45, 7) is 0. The molecule has 14 heavy (non-hydrogen) atoms. The van der Waals surface area contributed by atoms with Crippen molar-refractivity contribution in [3.8, 4) is 16.5 Å². The molecule has 4 heteroatoms. The quantitative estimate of drug-likeness (QED) is 0.615. The fourth-order valence-electron chi connectivity index (χ4n) is 0.947. The Balaban J connectivity index is 3.11. The number of carbonyl (C=O) groups excluding carboxylic acids is 1. The molecule has 0 unspecified atom stereocenters. The third-order valence-electron chi connectivity index (χ3n) is 1.59. The van der Waals surface area contributed by atoms with Crippen LogP contribution in [0.5, 0.6) is 5.75 Å². The number of methoxy groups -OCH3 is 1. The predicted octanol–water partition coefficient (Wildman–Crippen LogP) is 1.88. The Hall–Kier alpha value is -1.47. The Morgan fingerprint density at radius 3 is 2.79 bits per heavy atom. The molecule has 72 valence electrons. The van der Waals surface area contributed by atoms with Gasteiger partial charge >= 0.3 is 5.97 Å². The van der Waals surface area contributed by atoms with E-state index in [9.17, 15) is 9.90 Å². The zero-order chi connectivity index (χ0) is 10.6. The third kappa shape index (κ3) is 2.27. The van der Waals surface area contributed by atoms with Crippen LogP contribution in [-0.4, -0.2) is 18.2 Å². The van der Waals surface area contributed by atoms with Crippen LogP contribution in [0.2, 0.25) is 0 Å². The Kier molecular flexibility index (Phi) is 3.55. The van der Waals surface area contributed by atoms with Crippen molar-refractivity contribution in [1.82, 2.24) is 0 Å². The first-order chi connectivity index (χ1) is 6.69. The minimum Gasteiger partial charge on any atom is -0.507 e. The molecule has 1 aromatic carbocycles. The second-order valence-electron chi connectivity index (χ2n) is 2.44. The molecular formula is C10H7BrO3. The minimum absolute atomic E-state index is 0.132. The standard InChI is InChI=1S/C10H7BrO3/c1-14-10(13)8-3-2-7(4-5-11)6-9(8)12/h2-3,6,12H,1H3. The zero-order valence-corrected chi connectivity index (χ0v) is 8.96. The minimum atomic E-state index is -0.569. The smallest absolute Gasteiger partial charge is 0.341 e. The van der Waals surface area contributed by atoms with Crippen LogP contribution in [0, 0.1) is 10.8 Å². The number of benzene rings is 1. The van der Waals surface area contributed by atoms with Gasteiger partial charge in [-0.05, 0) is 23.0 Å². The fourth-order valence-corrected chi connectivity index (χ4v) is 1.18. The van der Waals surface area contributed by atoms with Crippen molar-refractivity contribution in [3.63, 3.8) is 0 Å². The van der Waals surface area contributed by atoms with E-state index in [4.69, 9.17) is 0 Å². The lowest BCUT2D eigenvalue weighted by atomic mass is 10.1. The van der Waals surface area contributed by atoms with Gasteiger partial charge in [0.05, 0.1) is 7.11 Å². The number of rotatable bonds is 1. The summed E-state index contributed by atoms with van der Waals surface area (Å²) >= 11 is 2.94. The molecule has 1 rings (SSSR count). The van der Waals surface area contributed by atoms with Gasteiger partial charge in [-0.25, -0.2) is 4.79 Å². The van der Waals surface area contributed by atoms with Gasteiger partial charge in [0, 0.05) is 21.5 Å². The second-order valence-corrected chi connectivity index (χ2v) is 2.84. The van der Waals surface area contributed by atoms with Crippen LogP contribution < -0.4 is 0 Å². The Morgan fingerprint density at radius 1 is 1.57 bits per heavy atom. The Morgan fingerprint density at radius 2 is 2.29 bits per heavy atom. The van der Waals surface area contributed by atoms with Crippen molar-refractivity contribution in [3.05, 3.63) is 29.3 Å². The summed E-state index contributed by atoms with van der Waals surface area (Å²) in [6.07, 6.45) is 0. The molecule has 0 aliphatic carbocycles. The molecule has 0 heterocycles. The van der Waals surface area contributed by atoms with E-state index in [0.29, 0.717) is 5.56 Å². The lowest BCUT2D eigenvalue weighted by molar-refractivity contribution is 0.0597. The molecule has 0 amide bonds. The lowest BCUT2D eigenvalue weighted by Crippen LogP contribution is -2.01. The molecule has 0 aliphatic heterocycles.